The summed E-state index contributed by atoms with van der Waals surface area (Å²) in [6, 6.07) is 6.50. The van der Waals surface area contributed by atoms with Crippen LogP contribution in [0.3, 0.4) is 0 Å². The number of ether oxygens (including phenoxy) is 1. The summed E-state index contributed by atoms with van der Waals surface area (Å²) in [4.78, 5) is 13.3. The van der Waals surface area contributed by atoms with Crippen LogP contribution in [0.4, 0.5) is 4.39 Å². The number of carbonyl (C=O) groups excluding carboxylic acids is 1. The average Bonchev–Trinajstić information content (AvgIpc) is 2.40. The Balaban J connectivity index is 2.77. The number of hydrogen-bond donors (Lipinski definition) is 0. The second-order valence-electron chi connectivity index (χ2n) is 4.25. The van der Waals surface area contributed by atoms with Crippen molar-refractivity contribution in [3.63, 3.8) is 0 Å². The van der Waals surface area contributed by atoms with Gasteiger partial charge in [0.05, 0.1) is 13.2 Å². The maximum Gasteiger partial charge on any atom is 0.239 e. The Morgan fingerprint density at radius 1 is 1.58 bits per heavy atom. The Bertz CT molecular complexity index is 497. The highest BCUT2D eigenvalue weighted by Gasteiger charge is 2.20. The van der Waals surface area contributed by atoms with E-state index in [2.05, 4.69) is 0 Å². The lowest BCUT2D eigenvalue weighted by molar-refractivity contribution is -0.133. The molecule has 0 N–H and O–H groups in total. The van der Waals surface area contributed by atoms with Crippen LogP contribution in [-0.4, -0.2) is 25.0 Å². The third-order valence-electron chi connectivity index (χ3n) is 2.87. The first kappa shape index (κ1) is 15.0. The maximum absolute atomic E-state index is 13.5. The normalized spacial score (nSPS) is 11.5. The quantitative estimate of drug-likeness (QED) is 0.820. The van der Waals surface area contributed by atoms with Gasteiger partial charge in [-0.15, -0.1) is 0 Å². The second-order valence-corrected chi connectivity index (χ2v) is 4.25. The van der Waals surface area contributed by atoms with Crippen LogP contribution >= 0.6 is 0 Å². The fraction of sp³-hybridized carbons (Fsp3) is 0.429. The molecule has 0 aliphatic carbocycles. The molecule has 0 aromatic heterocycles. The molecule has 4 nitrogen and oxygen atoms in total. The molecule has 0 bridgehead atoms. The van der Waals surface area contributed by atoms with Gasteiger partial charge in [0.25, 0.3) is 0 Å². The lowest BCUT2D eigenvalue weighted by Gasteiger charge is -2.19. The predicted molar refractivity (Wildman–Crippen MR) is 68.8 cm³/mol. The fourth-order valence-corrected chi connectivity index (χ4v) is 1.75. The molecule has 1 atom stereocenters. The van der Waals surface area contributed by atoms with Crippen molar-refractivity contribution < 1.29 is 13.9 Å². The van der Waals surface area contributed by atoms with Crippen molar-refractivity contribution in [2.75, 3.05) is 14.2 Å². The number of benzene rings is 1. The molecule has 0 radical (unpaired) electrons. The number of nitriles is 1. The molecule has 0 aliphatic heterocycles. The largest absolute Gasteiger partial charge is 0.494 e. The molecule has 1 aromatic carbocycles. The number of methoxy groups -OCH3 is 1. The minimum Gasteiger partial charge on any atom is -0.494 e. The maximum atomic E-state index is 13.5. The summed E-state index contributed by atoms with van der Waals surface area (Å²) in [5.41, 5.74) is 0.655. The van der Waals surface area contributed by atoms with Gasteiger partial charge in [-0.05, 0) is 24.1 Å². The number of nitrogens with zero attached hydrogens (tertiary/aromatic N) is 2. The van der Waals surface area contributed by atoms with E-state index in [4.69, 9.17) is 10.00 Å². The minimum atomic E-state index is -0.645. The van der Waals surface area contributed by atoms with Crippen molar-refractivity contribution in [2.45, 2.75) is 19.9 Å². The van der Waals surface area contributed by atoms with Gasteiger partial charge in [-0.1, -0.05) is 13.0 Å². The smallest absolute Gasteiger partial charge is 0.239 e. The van der Waals surface area contributed by atoms with Crippen molar-refractivity contribution in [3.8, 4) is 11.8 Å². The predicted octanol–water partition coefficient (Wildman–Crippen LogP) is 2.34. The van der Waals surface area contributed by atoms with Gasteiger partial charge in [0.15, 0.2) is 11.6 Å². The van der Waals surface area contributed by atoms with Gasteiger partial charge in [0.2, 0.25) is 5.91 Å². The molecular weight excluding hydrogens is 247 g/mol. The molecule has 1 aromatic rings. The van der Waals surface area contributed by atoms with Crippen LogP contribution in [0.5, 0.6) is 5.75 Å². The molecule has 1 unspecified atom stereocenters. The summed E-state index contributed by atoms with van der Waals surface area (Å²) in [5.74, 6) is -1.19. The van der Waals surface area contributed by atoms with E-state index in [0.717, 1.165) is 0 Å². The molecule has 102 valence electrons. The summed E-state index contributed by atoms with van der Waals surface area (Å²) in [7, 11) is 3.00. The van der Waals surface area contributed by atoms with Crippen molar-refractivity contribution >= 4 is 5.91 Å². The van der Waals surface area contributed by atoms with Crippen molar-refractivity contribution in [2.24, 2.45) is 5.92 Å². The molecule has 0 heterocycles. The van der Waals surface area contributed by atoms with Gasteiger partial charge in [-0.2, -0.15) is 5.26 Å². The molecule has 0 spiro atoms. The Hall–Kier alpha value is -2.09. The molecule has 0 saturated carbocycles. The number of hydrogen-bond acceptors (Lipinski definition) is 3. The van der Waals surface area contributed by atoms with Crippen LogP contribution < -0.4 is 4.74 Å². The topological polar surface area (TPSA) is 53.3 Å². The van der Waals surface area contributed by atoms with E-state index in [9.17, 15) is 9.18 Å². The Morgan fingerprint density at radius 3 is 2.74 bits per heavy atom. The molecule has 0 saturated heterocycles. The zero-order chi connectivity index (χ0) is 14.4. The highest BCUT2D eigenvalue weighted by atomic mass is 19.1. The third kappa shape index (κ3) is 3.68. The van der Waals surface area contributed by atoms with Crippen molar-refractivity contribution in [1.82, 2.24) is 4.90 Å². The summed E-state index contributed by atoms with van der Waals surface area (Å²) in [6.07, 6.45) is 0.469. The van der Waals surface area contributed by atoms with Gasteiger partial charge in [0.1, 0.15) is 5.92 Å². The second kappa shape index (κ2) is 6.74. The first-order valence-electron chi connectivity index (χ1n) is 6.00. The number of rotatable bonds is 5. The number of amides is 1. The molecule has 5 heteroatoms. The van der Waals surface area contributed by atoms with Crippen LogP contribution in [0.15, 0.2) is 18.2 Å². The van der Waals surface area contributed by atoms with Crippen molar-refractivity contribution in [3.05, 3.63) is 29.6 Å². The Labute approximate surface area is 112 Å². The van der Waals surface area contributed by atoms with Crippen LogP contribution in [0.25, 0.3) is 0 Å². The zero-order valence-electron chi connectivity index (χ0n) is 11.3. The average molecular weight is 264 g/mol. The summed E-state index contributed by atoms with van der Waals surface area (Å²) in [5, 5.41) is 8.85. The summed E-state index contributed by atoms with van der Waals surface area (Å²) >= 11 is 0. The number of carbonyl (C=O) groups is 1. The van der Waals surface area contributed by atoms with Crippen LogP contribution in [0, 0.1) is 23.1 Å². The van der Waals surface area contributed by atoms with Crippen LogP contribution in [0.2, 0.25) is 0 Å². The van der Waals surface area contributed by atoms with Gasteiger partial charge in [-0.25, -0.2) is 4.39 Å². The van der Waals surface area contributed by atoms with E-state index < -0.39 is 11.7 Å². The first-order chi connectivity index (χ1) is 9.03. The molecule has 0 fully saturated rings. The van der Waals surface area contributed by atoms with Crippen LogP contribution in [-0.2, 0) is 11.3 Å². The van der Waals surface area contributed by atoms with Gasteiger partial charge in [-0.3, -0.25) is 4.79 Å². The lowest BCUT2D eigenvalue weighted by Crippen LogP contribution is -2.31. The Kier molecular flexibility index (Phi) is 5.31. The molecule has 19 heavy (non-hydrogen) atoms. The molecule has 0 aliphatic rings. The van der Waals surface area contributed by atoms with E-state index in [1.54, 1.807) is 20.0 Å². The van der Waals surface area contributed by atoms with Crippen molar-refractivity contribution in [1.29, 1.82) is 5.26 Å². The van der Waals surface area contributed by atoms with Gasteiger partial charge >= 0.3 is 0 Å². The Morgan fingerprint density at radius 2 is 2.26 bits per heavy atom. The van der Waals surface area contributed by atoms with E-state index in [0.29, 0.717) is 12.0 Å². The third-order valence-corrected chi connectivity index (χ3v) is 2.87. The van der Waals surface area contributed by atoms with Gasteiger partial charge < -0.3 is 9.64 Å². The fourth-order valence-electron chi connectivity index (χ4n) is 1.75. The van der Waals surface area contributed by atoms with E-state index in [1.807, 2.05) is 6.07 Å². The summed E-state index contributed by atoms with van der Waals surface area (Å²) < 4.78 is 18.3. The molecular formula is C14H17FN2O2. The van der Waals surface area contributed by atoms with E-state index in [1.165, 1.54) is 24.1 Å². The number of halogens is 1. The monoisotopic (exact) mass is 264 g/mol. The highest BCUT2D eigenvalue weighted by molar-refractivity contribution is 5.80. The molecule has 1 rings (SSSR count). The standard InChI is InChI=1S/C14H17FN2O2/c1-4-11(8-16)14(18)17(2)9-10-5-6-13(19-3)12(15)7-10/h5-7,11H,4,9H2,1-3H3. The highest BCUT2D eigenvalue weighted by Crippen LogP contribution is 2.19. The molecule has 1 amide bonds. The SMILES string of the molecule is CCC(C#N)C(=O)N(C)Cc1ccc(OC)c(F)c1. The summed E-state index contributed by atoms with van der Waals surface area (Å²) in [6.45, 7) is 2.05. The first-order valence-corrected chi connectivity index (χ1v) is 6.00. The van der Waals surface area contributed by atoms with Gasteiger partial charge in [0, 0.05) is 13.6 Å². The lowest BCUT2D eigenvalue weighted by atomic mass is 10.1. The van der Waals surface area contributed by atoms with E-state index in [-0.39, 0.29) is 18.2 Å². The minimum absolute atomic E-state index is 0.168. The van der Waals surface area contributed by atoms with Crippen LogP contribution in [0.1, 0.15) is 18.9 Å². The van der Waals surface area contributed by atoms with E-state index >= 15 is 0 Å². The zero-order valence-corrected chi connectivity index (χ0v) is 11.3.